The number of halogens is 6. The zero-order valence-electron chi connectivity index (χ0n) is 17.3. The first-order valence-electron chi connectivity index (χ1n) is 9.50. The third-order valence-electron chi connectivity index (χ3n) is 4.67. The minimum Gasteiger partial charge on any atom is -0.391 e. The van der Waals surface area contributed by atoms with E-state index in [0.29, 0.717) is 32.9 Å². The van der Waals surface area contributed by atoms with Crippen LogP contribution in [-0.2, 0) is 27.5 Å². The Kier molecular flexibility index (Phi) is 8.28. The zero-order valence-corrected chi connectivity index (χ0v) is 20.4. The number of hydrogen-bond donors (Lipinski definition) is 0. The van der Waals surface area contributed by atoms with E-state index in [9.17, 15) is 26.9 Å². The highest BCUT2D eigenvalue weighted by molar-refractivity contribution is 7.92. The molecule has 0 fully saturated rings. The van der Waals surface area contributed by atoms with Crippen LogP contribution in [-0.4, -0.2) is 19.6 Å². The minimum absolute atomic E-state index is 0.110. The Bertz CT molecular complexity index is 1390. The van der Waals surface area contributed by atoms with Gasteiger partial charge in [0.1, 0.15) is 22.8 Å². The number of sulfone groups is 1. The van der Waals surface area contributed by atoms with Crippen LogP contribution in [0.4, 0.5) is 13.2 Å². The van der Waals surface area contributed by atoms with Gasteiger partial charge in [-0.15, -0.1) is 0 Å². The molecular formula is C22H13Cl3F3N3O3S. The van der Waals surface area contributed by atoms with Gasteiger partial charge >= 0.3 is 6.18 Å². The van der Waals surface area contributed by atoms with Gasteiger partial charge in [0.2, 0.25) is 0 Å². The average Bonchev–Trinajstić information content (AvgIpc) is 2.80. The van der Waals surface area contributed by atoms with Gasteiger partial charge in [0.25, 0.3) is 0 Å². The van der Waals surface area contributed by atoms with Crippen molar-refractivity contribution in [1.82, 2.24) is 4.98 Å². The number of nitriles is 1. The number of pyridine rings is 1. The summed E-state index contributed by atoms with van der Waals surface area (Å²) in [7, 11) is -4.66. The van der Waals surface area contributed by atoms with Crippen LogP contribution in [0.15, 0.2) is 64.8 Å². The van der Waals surface area contributed by atoms with Crippen LogP contribution in [0.1, 0.15) is 27.6 Å². The van der Waals surface area contributed by atoms with Gasteiger partial charge in [0.05, 0.1) is 11.8 Å². The van der Waals surface area contributed by atoms with Crippen LogP contribution in [0.5, 0.6) is 0 Å². The Balaban J connectivity index is 2.04. The Hall–Kier alpha value is -2.84. The second kappa shape index (κ2) is 10.8. The van der Waals surface area contributed by atoms with E-state index in [2.05, 4.69) is 10.1 Å². The summed E-state index contributed by atoms with van der Waals surface area (Å²) in [5.74, 6) is 0. The van der Waals surface area contributed by atoms with Gasteiger partial charge in [-0.1, -0.05) is 58.2 Å². The van der Waals surface area contributed by atoms with E-state index in [1.807, 2.05) is 0 Å². The van der Waals surface area contributed by atoms with Gasteiger partial charge in [-0.3, -0.25) is 0 Å². The van der Waals surface area contributed by atoms with E-state index in [4.69, 9.17) is 39.6 Å². The van der Waals surface area contributed by atoms with Crippen LogP contribution in [0.25, 0.3) is 0 Å². The van der Waals surface area contributed by atoms with E-state index in [1.54, 1.807) is 18.2 Å². The van der Waals surface area contributed by atoms with Crippen LogP contribution in [0.3, 0.4) is 0 Å². The lowest BCUT2D eigenvalue weighted by atomic mass is 10.2. The summed E-state index contributed by atoms with van der Waals surface area (Å²) < 4.78 is 66.6. The lowest BCUT2D eigenvalue weighted by Crippen LogP contribution is -2.19. The van der Waals surface area contributed by atoms with E-state index >= 15 is 0 Å². The van der Waals surface area contributed by atoms with E-state index < -0.39 is 37.4 Å². The number of aromatic nitrogens is 1. The highest BCUT2D eigenvalue weighted by atomic mass is 35.5. The van der Waals surface area contributed by atoms with E-state index in [1.165, 1.54) is 30.3 Å². The molecule has 0 amide bonds. The SMILES string of the molecule is N#Cc1ncc(C(F)(F)F)cc1S(=O)(=O)C(/C=N\OCc1c(Cl)cccc1Cl)c1ccc(Cl)cc1. The molecule has 182 valence electrons. The van der Waals surface area contributed by atoms with Crippen LogP contribution in [0.2, 0.25) is 15.1 Å². The van der Waals surface area contributed by atoms with Crippen LogP contribution in [0, 0.1) is 11.3 Å². The quantitative estimate of drug-likeness (QED) is 0.237. The molecular weight excluding hydrogens is 550 g/mol. The van der Waals surface area contributed by atoms with Gasteiger partial charge in [0.15, 0.2) is 15.5 Å². The van der Waals surface area contributed by atoms with Crippen molar-refractivity contribution in [2.24, 2.45) is 5.16 Å². The first-order chi connectivity index (χ1) is 16.4. The summed E-state index contributed by atoms with van der Waals surface area (Å²) in [5.41, 5.74) is -1.52. The fourth-order valence-corrected chi connectivity index (χ4v) is 5.20. The zero-order chi connectivity index (χ0) is 25.8. The molecule has 0 N–H and O–H groups in total. The van der Waals surface area contributed by atoms with Crippen molar-refractivity contribution in [3.05, 3.63) is 92.2 Å². The molecule has 1 atom stereocenters. The fraction of sp³-hybridized carbons (Fsp3) is 0.136. The summed E-state index contributed by atoms with van der Waals surface area (Å²) in [6, 6.07) is 12.1. The van der Waals surface area contributed by atoms with Gasteiger partial charge in [-0.25, -0.2) is 13.4 Å². The van der Waals surface area contributed by atoms with Crippen molar-refractivity contribution in [3.63, 3.8) is 0 Å². The average molecular weight is 563 g/mol. The molecule has 2 aromatic carbocycles. The lowest BCUT2D eigenvalue weighted by molar-refractivity contribution is -0.138. The van der Waals surface area contributed by atoms with Crippen LogP contribution < -0.4 is 0 Å². The Morgan fingerprint density at radius 2 is 1.74 bits per heavy atom. The molecule has 1 heterocycles. The lowest BCUT2D eigenvalue weighted by Gasteiger charge is -2.16. The topological polar surface area (TPSA) is 92.4 Å². The highest BCUT2D eigenvalue weighted by Crippen LogP contribution is 2.35. The maximum absolute atomic E-state index is 13.5. The summed E-state index contributed by atoms with van der Waals surface area (Å²) in [6.45, 7) is -0.211. The largest absolute Gasteiger partial charge is 0.417 e. The van der Waals surface area contributed by atoms with Gasteiger partial charge in [-0.2, -0.15) is 18.4 Å². The smallest absolute Gasteiger partial charge is 0.391 e. The standard InChI is InChI=1S/C22H13Cl3F3N3O3S/c23-15-6-4-13(5-7-15)21(11-31-34-12-16-17(24)2-1-3-18(16)25)35(32,33)20-8-14(22(26,27)28)10-30-19(20)9-29/h1-8,10-11,21H,12H2/b31-11-. The second-order valence-electron chi connectivity index (χ2n) is 6.93. The summed E-state index contributed by atoms with van der Waals surface area (Å²) in [6.07, 6.45) is -3.61. The number of hydrogen-bond acceptors (Lipinski definition) is 6. The van der Waals surface area contributed by atoms with Crippen molar-refractivity contribution in [3.8, 4) is 6.07 Å². The molecule has 13 heteroatoms. The Labute approximate surface area is 213 Å². The first-order valence-corrected chi connectivity index (χ1v) is 12.2. The van der Waals surface area contributed by atoms with Crippen LogP contribution >= 0.6 is 34.8 Å². The van der Waals surface area contributed by atoms with Crippen molar-refractivity contribution in [1.29, 1.82) is 5.26 Å². The minimum atomic E-state index is -4.88. The predicted molar refractivity (Wildman–Crippen MR) is 125 cm³/mol. The maximum Gasteiger partial charge on any atom is 0.417 e. The molecule has 3 rings (SSSR count). The molecule has 0 aliphatic carbocycles. The van der Waals surface area contributed by atoms with Gasteiger partial charge in [-0.05, 0) is 35.9 Å². The summed E-state index contributed by atoms with van der Waals surface area (Å²) in [5, 5.41) is 12.2. The van der Waals surface area contributed by atoms with Crippen molar-refractivity contribution in [2.75, 3.05) is 0 Å². The van der Waals surface area contributed by atoms with E-state index in [0.717, 1.165) is 6.21 Å². The van der Waals surface area contributed by atoms with Crippen molar-refractivity contribution < 1.29 is 26.4 Å². The van der Waals surface area contributed by atoms with Gasteiger partial charge in [0, 0.05) is 26.8 Å². The Morgan fingerprint density at radius 3 is 2.31 bits per heavy atom. The molecule has 3 aromatic rings. The number of alkyl halides is 3. The highest BCUT2D eigenvalue weighted by Gasteiger charge is 2.36. The van der Waals surface area contributed by atoms with Crippen molar-refractivity contribution >= 4 is 50.9 Å². The molecule has 0 aliphatic rings. The normalized spacial score (nSPS) is 12.9. The number of rotatable bonds is 7. The molecule has 6 nitrogen and oxygen atoms in total. The number of nitrogens with zero attached hydrogens (tertiary/aromatic N) is 3. The molecule has 0 saturated carbocycles. The Morgan fingerprint density at radius 1 is 1.11 bits per heavy atom. The molecule has 0 saturated heterocycles. The maximum atomic E-state index is 13.5. The number of oxime groups is 1. The third-order valence-corrected chi connectivity index (χ3v) is 7.61. The predicted octanol–water partition coefficient (Wildman–Crippen LogP) is 6.65. The summed E-state index contributed by atoms with van der Waals surface area (Å²) >= 11 is 18.0. The molecule has 0 bridgehead atoms. The van der Waals surface area contributed by atoms with E-state index in [-0.39, 0.29) is 12.2 Å². The fourth-order valence-electron chi connectivity index (χ4n) is 2.91. The first kappa shape index (κ1) is 26.8. The number of benzene rings is 2. The molecule has 0 spiro atoms. The molecule has 1 unspecified atom stereocenters. The van der Waals surface area contributed by atoms with Gasteiger partial charge < -0.3 is 4.84 Å². The monoisotopic (exact) mass is 561 g/mol. The third kappa shape index (κ3) is 6.24. The molecule has 0 radical (unpaired) electrons. The summed E-state index contributed by atoms with van der Waals surface area (Å²) in [4.78, 5) is 7.65. The second-order valence-corrected chi connectivity index (χ2v) is 10.2. The molecule has 35 heavy (non-hydrogen) atoms. The molecule has 1 aromatic heterocycles. The molecule has 0 aliphatic heterocycles. The van der Waals surface area contributed by atoms with Crippen molar-refractivity contribution in [2.45, 2.75) is 22.9 Å².